The van der Waals surface area contributed by atoms with Gasteiger partial charge < -0.3 is 30.6 Å². The molecule has 0 heterocycles. The van der Waals surface area contributed by atoms with Gasteiger partial charge in [0, 0.05) is 13.0 Å². The van der Waals surface area contributed by atoms with E-state index in [9.17, 15) is 14.4 Å². The normalized spacial score (nSPS) is 10.4. The molecule has 9 heteroatoms. The van der Waals surface area contributed by atoms with Crippen molar-refractivity contribution in [2.75, 3.05) is 6.61 Å². The van der Waals surface area contributed by atoms with E-state index in [0.717, 1.165) is 0 Å². The van der Waals surface area contributed by atoms with Crippen molar-refractivity contribution < 1.29 is 45.0 Å². The first-order valence-electron chi connectivity index (χ1n) is 7.30. The SMILES string of the molecule is CC(O)CC(=O)O.O=C(O)CCCO.O=C(O)Cc1ccc(O)cc1. The van der Waals surface area contributed by atoms with Crippen molar-refractivity contribution in [1.29, 1.82) is 0 Å². The van der Waals surface area contributed by atoms with E-state index in [1.807, 2.05) is 0 Å². The van der Waals surface area contributed by atoms with E-state index in [4.69, 9.17) is 30.6 Å². The lowest BCUT2D eigenvalue weighted by atomic mass is 10.1. The fraction of sp³-hybridized carbons (Fsp3) is 0.438. The van der Waals surface area contributed by atoms with Gasteiger partial charge in [0.2, 0.25) is 0 Å². The number of hydrogen-bond acceptors (Lipinski definition) is 6. The van der Waals surface area contributed by atoms with Crippen molar-refractivity contribution in [3.63, 3.8) is 0 Å². The van der Waals surface area contributed by atoms with Crippen LogP contribution in [0.1, 0.15) is 31.7 Å². The van der Waals surface area contributed by atoms with Crippen LogP contribution in [0, 0.1) is 0 Å². The summed E-state index contributed by atoms with van der Waals surface area (Å²) in [5, 5.41) is 49.5. The molecule has 0 radical (unpaired) electrons. The van der Waals surface area contributed by atoms with E-state index in [2.05, 4.69) is 0 Å². The van der Waals surface area contributed by atoms with Crippen LogP contribution < -0.4 is 0 Å². The molecule has 0 bridgehead atoms. The number of aliphatic hydroxyl groups is 2. The van der Waals surface area contributed by atoms with Crippen molar-refractivity contribution in [1.82, 2.24) is 0 Å². The maximum Gasteiger partial charge on any atom is 0.307 e. The fourth-order valence-electron chi connectivity index (χ4n) is 1.27. The number of benzene rings is 1. The van der Waals surface area contributed by atoms with Crippen LogP contribution in [0.5, 0.6) is 5.75 Å². The van der Waals surface area contributed by atoms with Crippen LogP contribution in [-0.2, 0) is 20.8 Å². The molecule has 1 aromatic carbocycles. The largest absolute Gasteiger partial charge is 0.508 e. The van der Waals surface area contributed by atoms with Crippen LogP contribution >= 0.6 is 0 Å². The summed E-state index contributed by atoms with van der Waals surface area (Å²) in [6.45, 7) is 1.40. The van der Waals surface area contributed by atoms with Gasteiger partial charge in [-0.3, -0.25) is 14.4 Å². The smallest absolute Gasteiger partial charge is 0.307 e. The Bertz CT molecular complexity index is 509. The molecule has 1 unspecified atom stereocenters. The van der Waals surface area contributed by atoms with Crippen molar-refractivity contribution in [3.05, 3.63) is 29.8 Å². The minimum atomic E-state index is -0.963. The summed E-state index contributed by atoms with van der Waals surface area (Å²) in [7, 11) is 0. The number of carbonyl (C=O) groups is 3. The Morgan fingerprint density at radius 3 is 1.72 bits per heavy atom. The maximum atomic E-state index is 10.2. The highest BCUT2D eigenvalue weighted by atomic mass is 16.4. The molecule has 0 aromatic heterocycles. The number of phenolic OH excluding ortho intramolecular Hbond substituents is 1. The molecule has 0 saturated heterocycles. The van der Waals surface area contributed by atoms with Gasteiger partial charge in [-0.1, -0.05) is 12.1 Å². The second-order valence-electron chi connectivity index (χ2n) is 4.90. The predicted molar refractivity (Wildman–Crippen MR) is 87.3 cm³/mol. The van der Waals surface area contributed by atoms with Crippen molar-refractivity contribution in [2.45, 2.75) is 38.7 Å². The summed E-state index contributed by atoms with van der Waals surface area (Å²) in [4.78, 5) is 29.5. The van der Waals surface area contributed by atoms with E-state index >= 15 is 0 Å². The van der Waals surface area contributed by atoms with Gasteiger partial charge in [0.1, 0.15) is 5.75 Å². The highest BCUT2D eigenvalue weighted by molar-refractivity contribution is 5.70. The first-order valence-corrected chi connectivity index (χ1v) is 7.30. The van der Waals surface area contributed by atoms with Gasteiger partial charge in [-0.05, 0) is 31.0 Å². The number of hydrogen-bond donors (Lipinski definition) is 6. The third kappa shape index (κ3) is 21.4. The Kier molecular flexibility index (Phi) is 14.7. The number of carboxylic acids is 3. The number of aliphatic hydroxyl groups excluding tert-OH is 2. The molecule has 1 aromatic rings. The lowest BCUT2D eigenvalue weighted by Crippen LogP contribution is -2.07. The maximum absolute atomic E-state index is 10.2. The number of aromatic hydroxyl groups is 1. The van der Waals surface area contributed by atoms with Crippen LogP contribution in [-0.4, -0.2) is 61.3 Å². The summed E-state index contributed by atoms with van der Waals surface area (Å²) >= 11 is 0. The predicted octanol–water partition coefficient (Wildman–Crippen LogP) is 0.705. The first-order chi connectivity index (χ1) is 11.6. The fourth-order valence-corrected chi connectivity index (χ4v) is 1.27. The van der Waals surface area contributed by atoms with Crippen LogP contribution in [0.15, 0.2) is 24.3 Å². The van der Waals surface area contributed by atoms with Crippen molar-refractivity contribution >= 4 is 17.9 Å². The molecule has 6 N–H and O–H groups in total. The molecule has 0 spiro atoms. The van der Waals surface area contributed by atoms with E-state index in [1.54, 1.807) is 12.1 Å². The standard InChI is InChI=1S/C8H8O3.2C4H8O3/c9-7-3-1-6(2-4-7)5-8(10)11;1-3(5)2-4(6)7;5-3-1-2-4(6)7/h1-4,9H,5H2,(H,10,11);3,5H,2H2,1H3,(H,6,7);5H,1-3H2,(H,6,7). The molecule has 25 heavy (non-hydrogen) atoms. The van der Waals surface area contributed by atoms with Crippen LogP contribution in [0.4, 0.5) is 0 Å². The quantitative estimate of drug-likeness (QED) is 0.409. The molecule has 1 atom stereocenters. The zero-order valence-corrected chi connectivity index (χ0v) is 13.8. The summed E-state index contributed by atoms with van der Waals surface area (Å²) < 4.78 is 0. The number of aliphatic carboxylic acids is 3. The van der Waals surface area contributed by atoms with Gasteiger partial charge in [-0.15, -0.1) is 0 Å². The Morgan fingerprint density at radius 2 is 1.48 bits per heavy atom. The summed E-state index contributed by atoms with van der Waals surface area (Å²) in [5.41, 5.74) is 0.690. The Balaban J connectivity index is 0. The summed E-state index contributed by atoms with van der Waals surface area (Å²) in [5.74, 6) is -2.53. The lowest BCUT2D eigenvalue weighted by molar-refractivity contribution is -0.139. The highest BCUT2D eigenvalue weighted by Gasteiger charge is 2.00. The Morgan fingerprint density at radius 1 is 0.960 bits per heavy atom. The number of carboxylic acid groups (broad SMARTS) is 3. The van der Waals surface area contributed by atoms with E-state index in [-0.39, 0.29) is 31.6 Å². The minimum absolute atomic E-state index is 0.000278. The van der Waals surface area contributed by atoms with Gasteiger partial charge in [0.15, 0.2) is 0 Å². The zero-order chi connectivity index (χ0) is 19.8. The second-order valence-corrected chi connectivity index (χ2v) is 4.90. The zero-order valence-electron chi connectivity index (χ0n) is 13.8. The van der Waals surface area contributed by atoms with Crippen LogP contribution in [0.2, 0.25) is 0 Å². The monoisotopic (exact) mass is 360 g/mol. The van der Waals surface area contributed by atoms with E-state index in [0.29, 0.717) is 12.0 Å². The van der Waals surface area contributed by atoms with Gasteiger partial charge in [0.25, 0.3) is 0 Å². The number of phenols is 1. The van der Waals surface area contributed by atoms with E-state index in [1.165, 1.54) is 19.1 Å². The molecule has 0 amide bonds. The topological polar surface area (TPSA) is 173 Å². The molecule has 0 aliphatic carbocycles. The molecular weight excluding hydrogens is 336 g/mol. The molecule has 0 aliphatic heterocycles. The lowest BCUT2D eigenvalue weighted by Gasteiger charge is -1.95. The number of rotatable bonds is 7. The Hall–Kier alpha value is -2.65. The van der Waals surface area contributed by atoms with E-state index < -0.39 is 24.0 Å². The molecule has 142 valence electrons. The van der Waals surface area contributed by atoms with Crippen molar-refractivity contribution in [3.8, 4) is 5.75 Å². The summed E-state index contributed by atoms with van der Waals surface area (Å²) in [6.07, 6.45) is -0.468. The molecule has 9 nitrogen and oxygen atoms in total. The second kappa shape index (κ2) is 14.9. The third-order valence-corrected chi connectivity index (χ3v) is 2.31. The van der Waals surface area contributed by atoms with Gasteiger partial charge in [-0.2, -0.15) is 0 Å². The summed E-state index contributed by atoms with van der Waals surface area (Å²) in [6, 6.07) is 6.11. The Labute approximate surface area is 144 Å². The van der Waals surface area contributed by atoms with Crippen LogP contribution in [0.25, 0.3) is 0 Å². The van der Waals surface area contributed by atoms with Crippen molar-refractivity contribution in [2.24, 2.45) is 0 Å². The van der Waals surface area contributed by atoms with Gasteiger partial charge >= 0.3 is 17.9 Å². The molecule has 1 rings (SSSR count). The molecule has 0 saturated carbocycles. The average molecular weight is 360 g/mol. The first kappa shape index (κ1) is 24.6. The molecule has 0 fully saturated rings. The van der Waals surface area contributed by atoms with Crippen LogP contribution in [0.3, 0.4) is 0 Å². The van der Waals surface area contributed by atoms with Gasteiger partial charge in [0.05, 0.1) is 18.9 Å². The minimum Gasteiger partial charge on any atom is -0.508 e. The molecule has 0 aliphatic rings. The third-order valence-electron chi connectivity index (χ3n) is 2.31. The average Bonchev–Trinajstić information content (AvgIpc) is 2.47. The highest BCUT2D eigenvalue weighted by Crippen LogP contribution is 2.09. The van der Waals surface area contributed by atoms with Gasteiger partial charge in [-0.25, -0.2) is 0 Å². The molecular formula is C16H24O9.